The third-order valence-corrected chi connectivity index (χ3v) is 1.68. The lowest BCUT2D eigenvalue weighted by Crippen LogP contribution is -2.24. The van der Waals surface area contributed by atoms with Gasteiger partial charge >= 0.3 is 0 Å². The first-order valence-electron chi connectivity index (χ1n) is 3.29. The molecule has 0 N–H and O–H groups in total. The second-order valence-electron chi connectivity index (χ2n) is 3.17. The van der Waals surface area contributed by atoms with Crippen LogP contribution in [0, 0.1) is 0 Å². The molecule has 0 rings (SSSR count). The Morgan fingerprint density at radius 3 is 2.20 bits per heavy atom. The highest BCUT2D eigenvalue weighted by Crippen LogP contribution is 2.09. The molecule has 0 radical (unpaired) electrons. The van der Waals surface area contributed by atoms with Crippen LogP contribution in [0.5, 0.6) is 0 Å². The number of alkyl halides is 2. The normalized spacial score (nSPS) is 15.3. The summed E-state index contributed by atoms with van der Waals surface area (Å²) in [7, 11) is 0. The SMILES string of the molecule is CC(C)(C)OCC(Cl)CCl. The van der Waals surface area contributed by atoms with Gasteiger partial charge < -0.3 is 4.74 Å². The van der Waals surface area contributed by atoms with Crippen molar-refractivity contribution in [3.05, 3.63) is 0 Å². The highest BCUT2D eigenvalue weighted by molar-refractivity contribution is 6.28. The fraction of sp³-hybridized carbons (Fsp3) is 1.00. The Bertz CT molecular complexity index is 88.1. The van der Waals surface area contributed by atoms with Gasteiger partial charge in [0.15, 0.2) is 0 Å². The summed E-state index contributed by atoms with van der Waals surface area (Å²) in [6.07, 6.45) is 0. The summed E-state index contributed by atoms with van der Waals surface area (Å²) in [5.41, 5.74) is -0.112. The Hall–Kier alpha value is 0.540. The topological polar surface area (TPSA) is 9.23 Å². The molecule has 0 bridgehead atoms. The molecule has 0 aliphatic carbocycles. The summed E-state index contributed by atoms with van der Waals surface area (Å²) >= 11 is 11.2. The van der Waals surface area contributed by atoms with E-state index in [-0.39, 0.29) is 11.0 Å². The molecular weight excluding hydrogens is 171 g/mol. The quantitative estimate of drug-likeness (QED) is 0.614. The molecule has 1 unspecified atom stereocenters. The van der Waals surface area contributed by atoms with Crippen molar-refractivity contribution in [3.8, 4) is 0 Å². The summed E-state index contributed by atoms with van der Waals surface area (Å²) in [4.78, 5) is 0. The van der Waals surface area contributed by atoms with E-state index in [1.165, 1.54) is 0 Å². The van der Waals surface area contributed by atoms with Crippen LogP contribution in [0.15, 0.2) is 0 Å². The van der Waals surface area contributed by atoms with Gasteiger partial charge in [0.2, 0.25) is 0 Å². The van der Waals surface area contributed by atoms with E-state index in [1.807, 2.05) is 20.8 Å². The molecule has 0 saturated carbocycles. The largest absolute Gasteiger partial charge is 0.374 e. The highest BCUT2D eigenvalue weighted by atomic mass is 35.5. The van der Waals surface area contributed by atoms with Gasteiger partial charge in [0.25, 0.3) is 0 Å². The molecule has 0 spiro atoms. The van der Waals surface area contributed by atoms with Crippen molar-refractivity contribution >= 4 is 23.2 Å². The number of hydrogen-bond acceptors (Lipinski definition) is 1. The maximum absolute atomic E-state index is 5.71. The minimum atomic E-state index is -0.112. The molecule has 0 fully saturated rings. The zero-order chi connectivity index (χ0) is 8.20. The van der Waals surface area contributed by atoms with Gasteiger partial charge in [-0.2, -0.15) is 0 Å². The van der Waals surface area contributed by atoms with Gasteiger partial charge in [0.1, 0.15) is 0 Å². The first kappa shape index (κ1) is 10.5. The van der Waals surface area contributed by atoms with Gasteiger partial charge in [-0.3, -0.25) is 0 Å². The van der Waals surface area contributed by atoms with E-state index >= 15 is 0 Å². The van der Waals surface area contributed by atoms with Crippen LogP contribution >= 0.6 is 23.2 Å². The zero-order valence-corrected chi connectivity index (χ0v) is 8.17. The van der Waals surface area contributed by atoms with Crippen LogP contribution in [-0.2, 0) is 4.74 Å². The minimum Gasteiger partial charge on any atom is -0.374 e. The Morgan fingerprint density at radius 1 is 1.40 bits per heavy atom. The molecule has 0 amide bonds. The van der Waals surface area contributed by atoms with Gasteiger partial charge in [0.05, 0.1) is 17.6 Å². The first-order chi connectivity index (χ1) is 4.45. The van der Waals surface area contributed by atoms with Crippen LogP contribution < -0.4 is 0 Å². The summed E-state index contributed by atoms with van der Waals surface area (Å²) in [6.45, 7) is 6.50. The fourth-order valence-corrected chi connectivity index (χ4v) is 0.537. The molecule has 1 nitrogen and oxygen atoms in total. The number of ether oxygens (including phenoxy) is 1. The van der Waals surface area contributed by atoms with Crippen molar-refractivity contribution in [2.24, 2.45) is 0 Å². The van der Waals surface area contributed by atoms with E-state index in [4.69, 9.17) is 27.9 Å². The molecular formula is C7H14Cl2O. The van der Waals surface area contributed by atoms with Crippen LogP contribution in [0.2, 0.25) is 0 Å². The Labute approximate surface area is 72.6 Å². The molecule has 0 aromatic rings. The summed E-state index contributed by atoms with van der Waals surface area (Å²) in [5, 5.41) is -0.0686. The predicted octanol–water partition coefficient (Wildman–Crippen LogP) is 2.65. The third-order valence-electron chi connectivity index (χ3n) is 0.865. The van der Waals surface area contributed by atoms with Gasteiger partial charge in [-0.1, -0.05) is 0 Å². The van der Waals surface area contributed by atoms with E-state index in [0.717, 1.165) is 0 Å². The molecule has 10 heavy (non-hydrogen) atoms. The molecule has 62 valence electrons. The average molecular weight is 185 g/mol. The third kappa shape index (κ3) is 6.66. The fourth-order valence-electron chi connectivity index (χ4n) is 0.385. The molecule has 0 heterocycles. The van der Waals surface area contributed by atoms with Crippen molar-refractivity contribution in [3.63, 3.8) is 0 Å². The Balaban J connectivity index is 3.36. The highest BCUT2D eigenvalue weighted by Gasteiger charge is 2.12. The molecule has 0 aromatic heterocycles. The lowest BCUT2D eigenvalue weighted by molar-refractivity contribution is -0.000819. The summed E-state index contributed by atoms with van der Waals surface area (Å²) < 4.78 is 5.37. The maximum atomic E-state index is 5.71. The van der Waals surface area contributed by atoms with E-state index < -0.39 is 0 Å². The van der Waals surface area contributed by atoms with Gasteiger partial charge in [-0.05, 0) is 20.8 Å². The molecule has 0 saturated heterocycles. The van der Waals surface area contributed by atoms with E-state index in [0.29, 0.717) is 12.5 Å². The lowest BCUT2D eigenvalue weighted by Gasteiger charge is -2.20. The van der Waals surface area contributed by atoms with Gasteiger partial charge in [-0.25, -0.2) is 0 Å². The van der Waals surface area contributed by atoms with Crippen molar-refractivity contribution in [2.75, 3.05) is 12.5 Å². The molecule has 1 atom stereocenters. The van der Waals surface area contributed by atoms with Crippen LogP contribution in [-0.4, -0.2) is 23.5 Å². The van der Waals surface area contributed by atoms with Crippen molar-refractivity contribution in [2.45, 2.75) is 31.7 Å². The van der Waals surface area contributed by atoms with E-state index in [1.54, 1.807) is 0 Å². The van der Waals surface area contributed by atoms with Crippen LogP contribution in [0.3, 0.4) is 0 Å². The Kier molecular flexibility index (Phi) is 4.66. The number of halogens is 2. The lowest BCUT2D eigenvalue weighted by atomic mass is 10.2. The standard InChI is InChI=1S/C7H14Cl2O/c1-7(2,3)10-5-6(9)4-8/h6H,4-5H2,1-3H3. The Morgan fingerprint density at radius 2 is 1.90 bits per heavy atom. The van der Waals surface area contributed by atoms with Crippen molar-refractivity contribution in [1.29, 1.82) is 0 Å². The predicted molar refractivity (Wildman–Crippen MR) is 46.1 cm³/mol. The van der Waals surface area contributed by atoms with Crippen LogP contribution in [0.1, 0.15) is 20.8 Å². The summed E-state index contributed by atoms with van der Waals surface area (Å²) in [5.74, 6) is 0.442. The smallest absolute Gasteiger partial charge is 0.0705 e. The number of hydrogen-bond donors (Lipinski definition) is 0. The molecule has 0 aromatic carbocycles. The zero-order valence-electron chi connectivity index (χ0n) is 6.66. The van der Waals surface area contributed by atoms with Gasteiger partial charge in [-0.15, -0.1) is 23.2 Å². The second-order valence-corrected chi connectivity index (χ2v) is 4.10. The summed E-state index contributed by atoms with van der Waals surface area (Å²) in [6, 6.07) is 0. The molecule has 0 aliphatic heterocycles. The second kappa shape index (κ2) is 4.42. The van der Waals surface area contributed by atoms with Crippen LogP contribution in [0.4, 0.5) is 0 Å². The van der Waals surface area contributed by atoms with Crippen LogP contribution in [0.25, 0.3) is 0 Å². The molecule has 3 heteroatoms. The molecule has 0 aliphatic rings. The monoisotopic (exact) mass is 184 g/mol. The average Bonchev–Trinajstić information content (AvgIpc) is 1.81. The van der Waals surface area contributed by atoms with Crippen molar-refractivity contribution < 1.29 is 4.74 Å². The van der Waals surface area contributed by atoms with E-state index in [9.17, 15) is 0 Å². The minimum absolute atomic E-state index is 0.0686. The first-order valence-corrected chi connectivity index (χ1v) is 4.27. The van der Waals surface area contributed by atoms with Crippen molar-refractivity contribution in [1.82, 2.24) is 0 Å². The number of rotatable bonds is 3. The van der Waals surface area contributed by atoms with Gasteiger partial charge in [0, 0.05) is 5.88 Å². The maximum Gasteiger partial charge on any atom is 0.0705 e. The van der Waals surface area contributed by atoms with E-state index in [2.05, 4.69) is 0 Å².